The van der Waals surface area contributed by atoms with E-state index in [2.05, 4.69) is 6.92 Å². The van der Waals surface area contributed by atoms with E-state index in [9.17, 15) is 4.79 Å². The minimum atomic E-state index is -0.326. The number of carbonyl (C=O) groups is 1. The molecule has 2 unspecified atom stereocenters. The van der Waals surface area contributed by atoms with Crippen LogP contribution in [0.1, 0.15) is 42.4 Å². The molecule has 0 saturated carbocycles. The minimum absolute atomic E-state index is 0.162. The van der Waals surface area contributed by atoms with Gasteiger partial charge in [0.25, 0.3) is 0 Å². The fourth-order valence-corrected chi connectivity index (χ4v) is 4.46. The van der Waals surface area contributed by atoms with Gasteiger partial charge in [0.15, 0.2) is 11.5 Å². The quantitative estimate of drug-likeness (QED) is 0.547. The third-order valence-electron chi connectivity index (χ3n) is 6.29. The van der Waals surface area contributed by atoms with Crippen molar-refractivity contribution < 1.29 is 28.5 Å². The van der Waals surface area contributed by atoms with Crippen LogP contribution in [-0.4, -0.2) is 48.1 Å². The second-order valence-electron chi connectivity index (χ2n) is 7.90. The molecule has 0 bridgehead atoms. The van der Waals surface area contributed by atoms with Crippen molar-refractivity contribution in [2.24, 2.45) is 5.92 Å². The summed E-state index contributed by atoms with van der Waals surface area (Å²) >= 11 is 0. The summed E-state index contributed by atoms with van der Waals surface area (Å²) in [6.45, 7) is 2.81. The standard InChI is InChI=1S/C26H32O6/c1-16-18(11-12-28-2)13-22(26(27)32-6)25(17-7-9-19(29-3)10-8-17)21-15-24(31-5)23(30-4)14-20(16)21/h7-10,14-16,18H,11-13H2,1-6H3. The van der Waals surface area contributed by atoms with Gasteiger partial charge in [0.05, 0.1) is 28.4 Å². The first-order valence-electron chi connectivity index (χ1n) is 10.7. The predicted molar refractivity (Wildman–Crippen MR) is 124 cm³/mol. The van der Waals surface area contributed by atoms with Crippen molar-refractivity contribution >= 4 is 11.5 Å². The molecule has 0 spiro atoms. The lowest BCUT2D eigenvalue weighted by Crippen LogP contribution is -2.16. The van der Waals surface area contributed by atoms with Crippen LogP contribution in [0.5, 0.6) is 17.2 Å². The first kappa shape index (κ1) is 23.7. The molecule has 2 aromatic carbocycles. The molecule has 6 nitrogen and oxygen atoms in total. The van der Waals surface area contributed by atoms with Crippen molar-refractivity contribution in [1.82, 2.24) is 0 Å². The summed E-state index contributed by atoms with van der Waals surface area (Å²) in [5.74, 6) is 2.06. The Morgan fingerprint density at radius 2 is 1.59 bits per heavy atom. The van der Waals surface area contributed by atoms with Crippen molar-refractivity contribution in [1.29, 1.82) is 0 Å². The number of benzene rings is 2. The maximum Gasteiger partial charge on any atom is 0.334 e. The molecular formula is C26H32O6. The zero-order valence-electron chi connectivity index (χ0n) is 19.7. The molecule has 1 aliphatic rings. The molecule has 0 aliphatic heterocycles. The highest BCUT2D eigenvalue weighted by Crippen LogP contribution is 2.47. The van der Waals surface area contributed by atoms with Crippen LogP contribution in [0.3, 0.4) is 0 Å². The Kier molecular flexibility index (Phi) is 7.80. The van der Waals surface area contributed by atoms with Gasteiger partial charge in [-0.2, -0.15) is 0 Å². The van der Waals surface area contributed by atoms with Crippen LogP contribution in [0, 0.1) is 5.92 Å². The maximum absolute atomic E-state index is 13.0. The second kappa shape index (κ2) is 10.6. The van der Waals surface area contributed by atoms with Gasteiger partial charge >= 0.3 is 5.97 Å². The van der Waals surface area contributed by atoms with E-state index in [-0.39, 0.29) is 17.8 Å². The Labute approximate surface area is 190 Å². The molecular weight excluding hydrogens is 408 g/mol. The molecule has 3 rings (SSSR count). The van der Waals surface area contributed by atoms with E-state index >= 15 is 0 Å². The number of carbonyl (C=O) groups excluding carboxylic acids is 1. The topological polar surface area (TPSA) is 63.2 Å². The SMILES string of the molecule is COCCC1CC(C(=O)OC)=C(c2ccc(OC)cc2)c2cc(OC)c(OC)cc2C1C. The van der Waals surface area contributed by atoms with Gasteiger partial charge in [0.2, 0.25) is 0 Å². The van der Waals surface area contributed by atoms with E-state index in [1.807, 2.05) is 36.4 Å². The zero-order chi connectivity index (χ0) is 23.3. The van der Waals surface area contributed by atoms with E-state index in [1.165, 1.54) is 7.11 Å². The molecule has 0 aromatic heterocycles. The van der Waals surface area contributed by atoms with Crippen molar-refractivity contribution in [3.05, 3.63) is 58.7 Å². The molecule has 0 N–H and O–H groups in total. The number of methoxy groups -OCH3 is 5. The fraction of sp³-hybridized carbons (Fsp3) is 0.423. The molecule has 2 atom stereocenters. The Hall–Kier alpha value is -2.99. The van der Waals surface area contributed by atoms with Gasteiger partial charge < -0.3 is 23.7 Å². The predicted octanol–water partition coefficient (Wildman–Crippen LogP) is 4.85. The molecule has 32 heavy (non-hydrogen) atoms. The summed E-state index contributed by atoms with van der Waals surface area (Å²) in [5.41, 5.74) is 4.46. The largest absolute Gasteiger partial charge is 0.497 e. The minimum Gasteiger partial charge on any atom is -0.497 e. The number of fused-ring (bicyclic) bond motifs is 1. The van der Waals surface area contributed by atoms with Gasteiger partial charge in [0, 0.05) is 19.3 Å². The summed E-state index contributed by atoms with van der Waals surface area (Å²) in [6.07, 6.45) is 1.40. The van der Waals surface area contributed by atoms with E-state index < -0.39 is 0 Å². The Morgan fingerprint density at radius 1 is 0.938 bits per heavy atom. The fourth-order valence-electron chi connectivity index (χ4n) is 4.46. The summed E-state index contributed by atoms with van der Waals surface area (Å²) < 4.78 is 27.2. The van der Waals surface area contributed by atoms with E-state index in [0.717, 1.165) is 34.4 Å². The van der Waals surface area contributed by atoms with Crippen molar-refractivity contribution in [3.63, 3.8) is 0 Å². The summed E-state index contributed by atoms with van der Waals surface area (Å²) in [6, 6.07) is 11.7. The van der Waals surface area contributed by atoms with Crippen LogP contribution in [0.25, 0.3) is 5.57 Å². The van der Waals surface area contributed by atoms with E-state index in [1.54, 1.807) is 28.4 Å². The van der Waals surface area contributed by atoms with Crippen molar-refractivity contribution in [2.75, 3.05) is 42.2 Å². The smallest absolute Gasteiger partial charge is 0.334 e. The third-order valence-corrected chi connectivity index (χ3v) is 6.29. The Balaban J connectivity index is 2.34. The van der Waals surface area contributed by atoms with Gasteiger partial charge in [0.1, 0.15) is 5.75 Å². The molecule has 1 aliphatic carbocycles. The molecule has 0 radical (unpaired) electrons. The lowest BCUT2D eigenvalue weighted by atomic mass is 9.82. The molecule has 0 heterocycles. The monoisotopic (exact) mass is 440 g/mol. The van der Waals surface area contributed by atoms with Crippen LogP contribution in [-0.2, 0) is 14.3 Å². The average Bonchev–Trinajstić information content (AvgIpc) is 2.95. The van der Waals surface area contributed by atoms with Crippen LogP contribution in [0.2, 0.25) is 0 Å². The molecule has 0 amide bonds. The molecule has 6 heteroatoms. The highest BCUT2D eigenvalue weighted by atomic mass is 16.5. The normalized spacial score (nSPS) is 17.9. The second-order valence-corrected chi connectivity index (χ2v) is 7.90. The molecule has 0 saturated heterocycles. The first-order valence-corrected chi connectivity index (χ1v) is 10.7. The lowest BCUT2D eigenvalue weighted by Gasteiger charge is -2.24. The van der Waals surface area contributed by atoms with E-state index in [0.29, 0.717) is 30.1 Å². The highest BCUT2D eigenvalue weighted by Gasteiger charge is 2.33. The van der Waals surface area contributed by atoms with Crippen LogP contribution in [0.4, 0.5) is 0 Å². The number of hydrogen-bond acceptors (Lipinski definition) is 6. The molecule has 2 aromatic rings. The average molecular weight is 441 g/mol. The van der Waals surface area contributed by atoms with Gasteiger partial charge in [-0.3, -0.25) is 0 Å². The maximum atomic E-state index is 13.0. The van der Waals surface area contributed by atoms with Gasteiger partial charge in [-0.05, 0) is 71.2 Å². The van der Waals surface area contributed by atoms with Crippen molar-refractivity contribution in [3.8, 4) is 17.2 Å². The third kappa shape index (κ3) is 4.60. The Morgan fingerprint density at radius 3 is 2.16 bits per heavy atom. The summed E-state index contributed by atoms with van der Waals surface area (Å²) in [7, 11) is 8.00. The lowest BCUT2D eigenvalue weighted by molar-refractivity contribution is -0.136. The van der Waals surface area contributed by atoms with Crippen LogP contribution >= 0.6 is 0 Å². The summed E-state index contributed by atoms with van der Waals surface area (Å²) in [4.78, 5) is 13.0. The van der Waals surface area contributed by atoms with Crippen LogP contribution < -0.4 is 14.2 Å². The zero-order valence-corrected chi connectivity index (χ0v) is 19.7. The van der Waals surface area contributed by atoms with Gasteiger partial charge in [-0.25, -0.2) is 4.79 Å². The molecule has 0 fully saturated rings. The molecule has 172 valence electrons. The Bertz CT molecular complexity index is 977. The summed E-state index contributed by atoms with van der Waals surface area (Å²) in [5, 5.41) is 0. The van der Waals surface area contributed by atoms with E-state index in [4.69, 9.17) is 23.7 Å². The number of esters is 1. The van der Waals surface area contributed by atoms with Crippen molar-refractivity contribution in [2.45, 2.75) is 25.7 Å². The first-order chi connectivity index (χ1) is 15.5. The van der Waals surface area contributed by atoms with Crippen LogP contribution in [0.15, 0.2) is 42.0 Å². The number of rotatable bonds is 8. The van der Waals surface area contributed by atoms with Gasteiger partial charge in [-0.15, -0.1) is 0 Å². The highest BCUT2D eigenvalue weighted by molar-refractivity contribution is 6.03. The number of hydrogen-bond donors (Lipinski definition) is 0. The van der Waals surface area contributed by atoms with Gasteiger partial charge in [-0.1, -0.05) is 19.1 Å². The number of ether oxygens (including phenoxy) is 5.